The van der Waals surface area contributed by atoms with Gasteiger partial charge in [0, 0.05) is 41.7 Å². The summed E-state index contributed by atoms with van der Waals surface area (Å²) in [7, 11) is -3.43. The van der Waals surface area contributed by atoms with E-state index in [-0.39, 0.29) is 53.7 Å². The lowest BCUT2D eigenvalue weighted by Gasteiger charge is -2.24. The lowest BCUT2D eigenvalue weighted by atomic mass is 10.0. The van der Waals surface area contributed by atoms with E-state index < -0.39 is 38.7 Å². The molecule has 0 N–H and O–H groups in total. The van der Waals surface area contributed by atoms with E-state index in [4.69, 9.17) is 4.42 Å². The van der Waals surface area contributed by atoms with Crippen LogP contribution in [0.25, 0.3) is 33.3 Å². The van der Waals surface area contributed by atoms with E-state index in [2.05, 4.69) is 18.6 Å². The maximum absolute atomic E-state index is 12.8. The molecule has 11 nitrogen and oxygen atoms in total. The van der Waals surface area contributed by atoms with Gasteiger partial charge in [-0.05, 0) is 30.3 Å². The maximum Gasteiger partial charge on any atom is 0.534 e. The number of aromatic nitrogens is 1. The number of rotatable bonds is 9. The number of methoxy groups -OCH3 is 2. The molecule has 0 saturated carbocycles. The zero-order chi connectivity index (χ0) is 29.2. The van der Waals surface area contributed by atoms with Gasteiger partial charge in [0.25, 0.3) is 0 Å². The lowest BCUT2D eigenvalue weighted by Crippen LogP contribution is -2.29. The topological polar surface area (TPSA) is 142 Å². The van der Waals surface area contributed by atoms with Crippen LogP contribution in [0, 0.1) is 0 Å². The molecule has 4 rings (SSSR count). The van der Waals surface area contributed by atoms with Gasteiger partial charge in [0.05, 0.1) is 27.1 Å². The molecule has 15 heteroatoms. The van der Waals surface area contributed by atoms with Gasteiger partial charge in [-0.15, -0.1) is 0 Å². The minimum atomic E-state index is -5.94. The average Bonchev–Trinajstić information content (AvgIpc) is 2.90. The van der Waals surface area contributed by atoms with Gasteiger partial charge in [-0.2, -0.15) is 21.6 Å². The molecule has 1 aliphatic carbocycles. The highest BCUT2D eigenvalue weighted by Gasteiger charge is 2.48. The Bertz CT molecular complexity index is 1720. The first-order valence-corrected chi connectivity index (χ1v) is 12.9. The number of esters is 2. The summed E-state index contributed by atoms with van der Waals surface area (Å²) >= 11 is 0. The van der Waals surface area contributed by atoms with Crippen LogP contribution < -0.4 is 14.5 Å². The molecule has 212 valence electrons. The van der Waals surface area contributed by atoms with Crippen LogP contribution in [-0.2, 0) is 29.2 Å². The minimum Gasteiger partial charge on any atom is -0.469 e. The number of halogens is 3. The van der Waals surface area contributed by atoms with Crippen LogP contribution >= 0.6 is 0 Å². The Labute approximate surface area is 224 Å². The van der Waals surface area contributed by atoms with E-state index in [9.17, 15) is 36.0 Å². The third kappa shape index (κ3) is 5.93. The molecule has 0 radical (unpaired) electrons. The normalized spacial score (nSPS) is 12.0. The molecule has 2 aromatic rings. The third-order valence-corrected chi connectivity index (χ3v) is 6.86. The molecule has 0 spiro atoms. The van der Waals surface area contributed by atoms with E-state index in [1.807, 2.05) is 0 Å². The number of carbonyl (C=O) groups is 2. The summed E-state index contributed by atoms with van der Waals surface area (Å²) in [5, 5.41) is 0.0737. The Morgan fingerprint density at radius 1 is 0.950 bits per heavy atom. The Morgan fingerprint density at radius 2 is 1.60 bits per heavy atom. The van der Waals surface area contributed by atoms with Crippen molar-refractivity contribution in [2.24, 2.45) is 0 Å². The van der Waals surface area contributed by atoms with Crippen molar-refractivity contribution in [3.05, 3.63) is 52.7 Å². The van der Waals surface area contributed by atoms with Crippen LogP contribution in [0.2, 0.25) is 0 Å². The summed E-state index contributed by atoms with van der Waals surface area (Å²) in [6, 6.07) is 8.99. The summed E-state index contributed by atoms with van der Waals surface area (Å²) in [6.07, 6.45) is 0.0611. The Hall–Kier alpha value is -4.40. The molecule has 0 atom stereocenters. The molecule has 0 unspecified atom stereocenters. The van der Waals surface area contributed by atoms with Gasteiger partial charge in [0.15, 0.2) is 16.8 Å². The number of ether oxygens (including phenoxy) is 2. The summed E-state index contributed by atoms with van der Waals surface area (Å²) in [6.45, 7) is 0.407. The zero-order valence-corrected chi connectivity index (χ0v) is 21.8. The number of nitrogens with zero attached hydrogens (tertiary/aromatic N) is 2. The number of anilines is 1. The van der Waals surface area contributed by atoms with Crippen LogP contribution in [-0.4, -0.2) is 58.2 Å². The largest absolute Gasteiger partial charge is 0.534 e. The fraction of sp³-hybridized carbons (Fsp3) is 0.280. The standard InChI is InChI=1S/C25H21F3N2O9S/c1-36-22(32)7-9-30(10-8-23(33)37-2)14-3-6-18-20(11-14)38-21-13-19(31)16-5-4-15(12-17(16)24(21)29-18)39-40(34,35)25(26,27)28/h3-6,11-13H,7-10H2,1-2H3. The zero-order valence-electron chi connectivity index (χ0n) is 21.0. The van der Waals surface area contributed by atoms with Gasteiger partial charge in [-0.1, -0.05) is 0 Å². The number of benzene rings is 3. The van der Waals surface area contributed by atoms with Gasteiger partial charge >= 0.3 is 27.6 Å². The predicted molar refractivity (Wildman–Crippen MR) is 135 cm³/mol. The van der Waals surface area contributed by atoms with E-state index >= 15 is 0 Å². The molecule has 0 saturated heterocycles. The summed E-state index contributed by atoms with van der Waals surface area (Å²) in [5.74, 6) is -1.60. The van der Waals surface area contributed by atoms with Gasteiger partial charge in [0.1, 0.15) is 17.0 Å². The summed E-state index contributed by atoms with van der Waals surface area (Å²) < 4.78 is 80.7. The van der Waals surface area contributed by atoms with Gasteiger partial charge < -0.3 is 23.0 Å². The molecule has 0 amide bonds. The molecule has 1 aliphatic heterocycles. The Morgan fingerprint density at radius 3 is 2.20 bits per heavy atom. The van der Waals surface area contributed by atoms with E-state index in [0.29, 0.717) is 11.2 Å². The number of carbonyl (C=O) groups excluding carboxylic acids is 2. The molecule has 0 aromatic heterocycles. The molecule has 40 heavy (non-hydrogen) atoms. The fourth-order valence-electron chi connectivity index (χ4n) is 3.89. The van der Waals surface area contributed by atoms with Crippen molar-refractivity contribution in [2.75, 3.05) is 32.2 Å². The van der Waals surface area contributed by atoms with Crippen molar-refractivity contribution in [1.29, 1.82) is 0 Å². The third-order valence-electron chi connectivity index (χ3n) is 5.88. The van der Waals surface area contributed by atoms with Crippen molar-refractivity contribution >= 4 is 49.6 Å². The van der Waals surface area contributed by atoms with Crippen molar-refractivity contribution in [3.63, 3.8) is 0 Å². The predicted octanol–water partition coefficient (Wildman–Crippen LogP) is 3.61. The van der Waals surface area contributed by atoms with E-state index in [0.717, 1.165) is 24.3 Å². The van der Waals surface area contributed by atoms with E-state index in [1.165, 1.54) is 14.2 Å². The first-order chi connectivity index (χ1) is 18.8. The van der Waals surface area contributed by atoms with Crippen LogP contribution in [0.5, 0.6) is 5.75 Å². The van der Waals surface area contributed by atoms with Crippen molar-refractivity contribution in [3.8, 4) is 17.2 Å². The van der Waals surface area contributed by atoms with Crippen LogP contribution in [0.15, 0.2) is 51.7 Å². The summed E-state index contributed by atoms with van der Waals surface area (Å²) in [4.78, 5) is 42.3. The second kappa shape index (κ2) is 11.0. The number of hydrogen-bond acceptors (Lipinski definition) is 11. The summed E-state index contributed by atoms with van der Waals surface area (Å²) in [5.41, 5.74) is -5.04. The number of alkyl halides is 3. The van der Waals surface area contributed by atoms with Crippen molar-refractivity contribution in [2.45, 2.75) is 18.3 Å². The quantitative estimate of drug-likeness (QED) is 0.0939. The first-order valence-electron chi connectivity index (χ1n) is 11.5. The second-order valence-electron chi connectivity index (χ2n) is 8.42. The Balaban J connectivity index is 1.78. The highest BCUT2D eigenvalue weighted by Crippen LogP contribution is 2.35. The molecule has 2 aromatic carbocycles. The second-order valence-corrected chi connectivity index (χ2v) is 9.96. The van der Waals surface area contributed by atoms with Gasteiger partial charge in [-0.3, -0.25) is 14.4 Å². The lowest BCUT2D eigenvalue weighted by molar-refractivity contribution is -0.140. The maximum atomic E-state index is 12.8. The monoisotopic (exact) mass is 582 g/mol. The van der Waals surface area contributed by atoms with Crippen molar-refractivity contribution < 1.29 is 49.3 Å². The van der Waals surface area contributed by atoms with Crippen molar-refractivity contribution in [1.82, 2.24) is 4.98 Å². The molecule has 1 heterocycles. The van der Waals surface area contributed by atoms with Gasteiger partial charge in [-0.25, -0.2) is 4.98 Å². The average molecular weight is 583 g/mol. The van der Waals surface area contributed by atoms with E-state index in [1.54, 1.807) is 23.1 Å². The van der Waals surface area contributed by atoms with Crippen LogP contribution in [0.4, 0.5) is 18.9 Å². The SMILES string of the molecule is COC(=O)CCN(CCC(=O)OC)c1ccc2nc3c4cc(OS(=O)(=O)C(F)(F)F)ccc4c(=O)cc-3oc2c1. The van der Waals surface area contributed by atoms with Gasteiger partial charge in [0.2, 0.25) is 0 Å². The highest BCUT2D eigenvalue weighted by molar-refractivity contribution is 7.88. The Kier molecular flexibility index (Phi) is 7.86. The van der Waals surface area contributed by atoms with Crippen LogP contribution in [0.3, 0.4) is 0 Å². The molecule has 2 aliphatic rings. The molecular formula is C25H21F3N2O9S. The molecule has 0 bridgehead atoms. The number of fused-ring (bicyclic) bond motifs is 4. The number of hydrogen-bond donors (Lipinski definition) is 0. The smallest absolute Gasteiger partial charge is 0.469 e. The molecular weight excluding hydrogens is 561 g/mol. The molecule has 0 fully saturated rings. The highest BCUT2D eigenvalue weighted by atomic mass is 32.2. The van der Waals surface area contributed by atoms with Crippen LogP contribution in [0.1, 0.15) is 12.8 Å². The minimum absolute atomic E-state index is 0.0184. The fourth-order valence-corrected chi connectivity index (χ4v) is 4.34. The first kappa shape index (κ1) is 28.6.